The van der Waals surface area contributed by atoms with Crippen molar-refractivity contribution in [2.24, 2.45) is 23.7 Å². The lowest BCUT2D eigenvalue weighted by atomic mass is 9.51. The van der Waals surface area contributed by atoms with Gasteiger partial charge in [0.2, 0.25) is 0 Å². The highest BCUT2D eigenvalue weighted by atomic mass is 16.4. The van der Waals surface area contributed by atoms with Crippen molar-refractivity contribution < 1.29 is 9.90 Å². The van der Waals surface area contributed by atoms with Crippen LogP contribution in [0.1, 0.15) is 65.1 Å². The fraction of sp³-hybridized carbons (Fsp3) is 0.370. The van der Waals surface area contributed by atoms with E-state index in [1.807, 2.05) is 0 Å². The molecule has 0 saturated heterocycles. The van der Waals surface area contributed by atoms with Crippen molar-refractivity contribution in [1.82, 2.24) is 0 Å². The predicted molar refractivity (Wildman–Crippen MR) is 113 cm³/mol. The summed E-state index contributed by atoms with van der Waals surface area (Å²) in [5.41, 5.74) is 3.53. The Morgan fingerprint density at radius 2 is 1.21 bits per heavy atom. The van der Waals surface area contributed by atoms with Gasteiger partial charge in [-0.3, -0.25) is 0 Å². The van der Waals surface area contributed by atoms with Gasteiger partial charge in [0, 0.05) is 11.1 Å². The second-order valence-corrected chi connectivity index (χ2v) is 8.96. The maximum atomic E-state index is 10.9. The van der Waals surface area contributed by atoms with Gasteiger partial charge >= 0.3 is 5.97 Å². The molecule has 0 heterocycles. The van der Waals surface area contributed by atoms with E-state index in [1.165, 1.54) is 37.7 Å². The highest BCUT2D eigenvalue weighted by Crippen LogP contribution is 2.59. The van der Waals surface area contributed by atoms with E-state index in [4.69, 9.17) is 5.11 Å². The van der Waals surface area contributed by atoms with Crippen LogP contribution in [0.25, 0.3) is 0 Å². The van der Waals surface area contributed by atoms with E-state index in [2.05, 4.69) is 47.9 Å². The zero-order valence-corrected chi connectivity index (χ0v) is 16.4. The molecule has 4 bridgehead atoms. The minimum atomic E-state index is -0.929. The smallest absolute Gasteiger partial charge is 0.335 e. The number of hydrogen-bond donors (Lipinski definition) is 1. The molecule has 4 saturated carbocycles. The fourth-order valence-electron chi connectivity index (χ4n) is 6.16. The molecule has 0 amide bonds. The molecule has 4 aliphatic rings. The lowest BCUT2D eigenvalue weighted by Crippen LogP contribution is -2.43. The Morgan fingerprint density at radius 3 is 1.69 bits per heavy atom. The Balaban J connectivity index is 1.26. The van der Waals surface area contributed by atoms with E-state index >= 15 is 0 Å². The zero-order chi connectivity index (χ0) is 19.8. The largest absolute Gasteiger partial charge is 0.478 e. The molecule has 6 rings (SSSR count). The lowest BCUT2D eigenvalue weighted by molar-refractivity contribution is -0.00278. The summed E-state index contributed by atoms with van der Waals surface area (Å²) < 4.78 is 0. The van der Waals surface area contributed by atoms with Crippen molar-refractivity contribution in [3.63, 3.8) is 0 Å². The van der Waals surface area contributed by atoms with Crippen LogP contribution in [0.3, 0.4) is 0 Å². The number of aromatic carboxylic acids is 1. The average molecular weight is 380 g/mol. The van der Waals surface area contributed by atoms with Gasteiger partial charge in [0.15, 0.2) is 0 Å². The van der Waals surface area contributed by atoms with E-state index < -0.39 is 5.97 Å². The molecule has 0 atom stereocenters. The second-order valence-electron chi connectivity index (χ2n) is 8.96. The van der Waals surface area contributed by atoms with Crippen LogP contribution in [-0.2, 0) is 0 Å². The standard InChI is InChI=1S/C27H24O2/c28-27(29)23-11-7-19(8-12-23)4-2-1-3-18-5-9-22(10-6-18)26-24-14-20-13-21(16-24)17-25(26)15-20/h5-12,20-21,24-26H,13-17H2,(H,28,29). The van der Waals surface area contributed by atoms with Gasteiger partial charge in [0.1, 0.15) is 0 Å². The number of hydrogen-bond acceptors (Lipinski definition) is 1. The maximum absolute atomic E-state index is 10.9. The number of carboxylic acids is 1. The molecule has 2 heteroatoms. The van der Waals surface area contributed by atoms with E-state index in [1.54, 1.807) is 24.3 Å². The third-order valence-corrected chi connectivity index (χ3v) is 7.13. The minimum absolute atomic E-state index is 0.265. The van der Waals surface area contributed by atoms with E-state index in [0.717, 1.165) is 40.7 Å². The van der Waals surface area contributed by atoms with Gasteiger partial charge in [-0.1, -0.05) is 24.0 Å². The van der Waals surface area contributed by atoms with Crippen molar-refractivity contribution in [2.75, 3.05) is 0 Å². The Labute approximate surface area is 172 Å². The van der Waals surface area contributed by atoms with Crippen LogP contribution in [0, 0.1) is 47.4 Å². The first-order valence-corrected chi connectivity index (χ1v) is 10.6. The Morgan fingerprint density at radius 1 is 0.724 bits per heavy atom. The van der Waals surface area contributed by atoms with Gasteiger partial charge in [-0.25, -0.2) is 4.79 Å². The minimum Gasteiger partial charge on any atom is -0.478 e. The molecule has 0 aliphatic heterocycles. The summed E-state index contributed by atoms with van der Waals surface area (Å²) >= 11 is 0. The summed E-state index contributed by atoms with van der Waals surface area (Å²) in [4.78, 5) is 10.9. The number of benzene rings is 2. The van der Waals surface area contributed by atoms with Crippen molar-refractivity contribution in [2.45, 2.75) is 38.0 Å². The molecule has 1 N–H and O–H groups in total. The van der Waals surface area contributed by atoms with Gasteiger partial charge in [-0.15, -0.1) is 0 Å². The van der Waals surface area contributed by atoms with Crippen LogP contribution in [0.5, 0.6) is 0 Å². The van der Waals surface area contributed by atoms with Crippen LogP contribution in [0.4, 0.5) is 0 Å². The molecule has 0 radical (unpaired) electrons. The molecule has 2 aromatic carbocycles. The third-order valence-electron chi connectivity index (χ3n) is 7.13. The second kappa shape index (κ2) is 7.46. The molecular formula is C27H24O2. The number of rotatable bonds is 2. The van der Waals surface area contributed by atoms with Crippen molar-refractivity contribution in [3.05, 3.63) is 70.8 Å². The van der Waals surface area contributed by atoms with Gasteiger partial charge in [-0.05, 0) is 115 Å². The topological polar surface area (TPSA) is 37.3 Å². The molecule has 0 spiro atoms. The van der Waals surface area contributed by atoms with Crippen LogP contribution in [-0.4, -0.2) is 11.1 Å². The van der Waals surface area contributed by atoms with Crippen molar-refractivity contribution in [1.29, 1.82) is 0 Å². The summed E-state index contributed by atoms with van der Waals surface area (Å²) in [6.45, 7) is 0. The van der Waals surface area contributed by atoms with Gasteiger partial charge in [0.05, 0.1) is 5.56 Å². The van der Waals surface area contributed by atoms with Gasteiger partial charge in [-0.2, -0.15) is 0 Å². The molecule has 4 fully saturated rings. The van der Waals surface area contributed by atoms with E-state index in [9.17, 15) is 4.79 Å². The van der Waals surface area contributed by atoms with Crippen LogP contribution in [0.2, 0.25) is 0 Å². The summed E-state index contributed by atoms with van der Waals surface area (Å²) in [7, 11) is 0. The third kappa shape index (κ3) is 3.68. The van der Waals surface area contributed by atoms with Gasteiger partial charge in [0.25, 0.3) is 0 Å². The normalized spacial score (nSPS) is 28.8. The summed E-state index contributed by atoms with van der Waals surface area (Å²) in [5.74, 6) is 15.5. The van der Waals surface area contributed by atoms with E-state index in [0.29, 0.717) is 0 Å². The summed E-state index contributed by atoms with van der Waals surface area (Å²) in [5, 5.41) is 8.92. The highest BCUT2D eigenvalue weighted by molar-refractivity contribution is 5.87. The first-order valence-electron chi connectivity index (χ1n) is 10.6. The highest BCUT2D eigenvalue weighted by Gasteiger charge is 2.48. The monoisotopic (exact) mass is 380 g/mol. The molecule has 2 aromatic rings. The molecule has 29 heavy (non-hydrogen) atoms. The number of carbonyl (C=O) groups is 1. The maximum Gasteiger partial charge on any atom is 0.335 e. The molecule has 0 aromatic heterocycles. The van der Waals surface area contributed by atoms with Crippen molar-refractivity contribution >= 4 is 5.97 Å². The molecule has 2 nitrogen and oxygen atoms in total. The van der Waals surface area contributed by atoms with Crippen molar-refractivity contribution in [3.8, 4) is 23.7 Å². The molecular weight excluding hydrogens is 356 g/mol. The summed E-state index contributed by atoms with van der Waals surface area (Å²) in [6, 6.07) is 15.4. The first-order chi connectivity index (χ1) is 14.2. The van der Waals surface area contributed by atoms with E-state index in [-0.39, 0.29) is 5.56 Å². The van der Waals surface area contributed by atoms with Crippen LogP contribution in [0.15, 0.2) is 48.5 Å². The summed E-state index contributed by atoms with van der Waals surface area (Å²) in [6.07, 6.45) is 7.29. The SMILES string of the molecule is O=C(O)c1ccc(C#CC#Cc2ccc(C3C4CC5CC(C4)CC3C5)cc2)cc1. The Hall–Kier alpha value is -2.97. The molecule has 144 valence electrons. The predicted octanol–water partition coefficient (Wildman–Crippen LogP) is 5.33. The zero-order valence-electron chi connectivity index (χ0n) is 16.4. The average Bonchev–Trinajstić information content (AvgIpc) is 2.72. The Bertz CT molecular complexity index is 1010. The fourth-order valence-corrected chi connectivity index (χ4v) is 6.16. The van der Waals surface area contributed by atoms with Crippen LogP contribution >= 0.6 is 0 Å². The van der Waals surface area contributed by atoms with Gasteiger partial charge < -0.3 is 5.11 Å². The molecule has 4 aliphatic carbocycles. The molecule has 0 unspecified atom stereocenters. The lowest BCUT2D eigenvalue weighted by Gasteiger charge is -2.54. The number of carboxylic acid groups (broad SMARTS) is 1. The van der Waals surface area contributed by atoms with Crippen LogP contribution < -0.4 is 0 Å². The quantitative estimate of drug-likeness (QED) is 0.715. The Kier molecular flexibility index (Phi) is 4.65. The first kappa shape index (κ1) is 18.1.